The van der Waals surface area contributed by atoms with Crippen LogP contribution in [-0.2, 0) is 0 Å². The van der Waals surface area contributed by atoms with E-state index in [1.165, 1.54) is 5.39 Å². The molecule has 6 aromatic carbocycles. The summed E-state index contributed by atoms with van der Waals surface area (Å²) >= 11 is 0. The third kappa shape index (κ3) is 2.92. The largest absolute Gasteiger partial charge is 0.455 e. The Hall–Kier alpha value is -5.79. The van der Waals surface area contributed by atoms with Gasteiger partial charge < -0.3 is 13.6 Å². The van der Waals surface area contributed by atoms with E-state index in [1.54, 1.807) is 0 Å². The third-order valence-corrected chi connectivity index (χ3v) is 8.35. The minimum Gasteiger partial charge on any atom is -0.455 e. The molecule has 9 aromatic rings. The molecule has 9 rings (SSSR count). The van der Waals surface area contributed by atoms with Crippen molar-refractivity contribution >= 4 is 65.6 Å². The van der Waals surface area contributed by atoms with Gasteiger partial charge in [-0.15, -0.1) is 0 Å². The Kier molecular flexibility index (Phi) is 4.37. The van der Waals surface area contributed by atoms with Crippen LogP contribution >= 0.6 is 0 Å². The molecule has 0 saturated carbocycles. The van der Waals surface area contributed by atoms with Crippen molar-refractivity contribution in [2.75, 3.05) is 0 Å². The van der Waals surface area contributed by atoms with Crippen LogP contribution in [0.5, 0.6) is 0 Å². The molecule has 0 bridgehead atoms. The number of rotatable bonds is 2. The second-order valence-electron chi connectivity index (χ2n) is 10.5. The maximum Gasteiger partial charge on any atom is 0.145 e. The number of hydrogen-bond donors (Lipinski definition) is 0. The van der Waals surface area contributed by atoms with Crippen LogP contribution in [0.3, 0.4) is 0 Å². The molecule has 0 fully saturated rings. The molecule has 0 spiro atoms. The summed E-state index contributed by atoms with van der Waals surface area (Å²) in [6.45, 7) is 0. The summed E-state index contributed by atoms with van der Waals surface area (Å²) in [5, 5.41) is 16.1. The van der Waals surface area contributed by atoms with Gasteiger partial charge in [-0.3, -0.25) is 0 Å². The van der Waals surface area contributed by atoms with Crippen molar-refractivity contribution < 1.29 is 4.42 Å². The lowest BCUT2D eigenvalue weighted by molar-refractivity contribution is 0.677. The maximum atomic E-state index is 9.33. The molecule has 3 heterocycles. The molecule has 4 nitrogen and oxygen atoms in total. The highest BCUT2D eigenvalue weighted by Gasteiger charge is 2.22. The van der Waals surface area contributed by atoms with Crippen LogP contribution < -0.4 is 0 Å². The van der Waals surface area contributed by atoms with Gasteiger partial charge in [-0.05, 0) is 72.8 Å². The van der Waals surface area contributed by atoms with E-state index >= 15 is 0 Å². The zero-order valence-electron chi connectivity index (χ0n) is 21.9. The molecule has 4 heteroatoms. The fourth-order valence-electron chi connectivity index (χ4n) is 6.61. The first kappa shape index (κ1) is 22.1. The number of fused-ring (bicyclic) bond motifs is 11. The van der Waals surface area contributed by atoms with Gasteiger partial charge in [0.25, 0.3) is 0 Å². The van der Waals surface area contributed by atoms with Crippen LogP contribution in [0.2, 0.25) is 0 Å². The molecule has 0 N–H and O–H groups in total. The Bertz CT molecular complexity index is 2520. The summed E-state index contributed by atoms with van der Waals surface area (Å²) in [7, 11) is 0. The first-order valence-electron chi connectivity index (χ1n) is 13.7. The second-order valence-corrected chi connectivity index (χ2v) is 10.5. The molecule has 41 heavy (non-hydrogen) atoms. The van der Waals surface area contributed by atoms with Crippen LogP contribution in [-0.4, -0.2) is 9.13 Å². The maximum absolute atomic E-state index is 9.33. The first-order chi connectivity index (χ1) is 20.3. The molecular weight excluding hydrogens is 502 g/mol. The average molecular weight is 524 g/mol. The molecule has 0 radical (unpaired) electrons. The Labute approximate surface area is 234 Å². The molecule has 0 unspecified atom stereocenters. The Morgan fingerprint density at radius 1 is 0.439 bits per heavy atom. The van der Waals surface area contributed by atoms with Crippen LogP contribution in [0.1, 0.15) is 5.56 Å². The smallest absolute Gasteiger partial charge is 0.145 e. The van der Waals surface area contributed by atoms with Gasteiger partial charge in [0.05, 0.1) is 44.5 Å². The van der Waals surface area contributed by atoms with Gasteiger partial charge in [-0.25, -0.2) is 0 Å². The van der Waals surface area contributed by atoms with Gasteiger partial charge in [0.2, 0.25) is 0 Å². The molecule has 0 atom stereocenters. The second kappa shape index (κ2) is 8.11. The highest BCUT2D eigenvalue weighted by Crippen LogP contribution is 2.44. The van der Waals surface area contributed by atoms with E-state index in [0.717, 1.165) is 71.5 Å². The topological polar surface area (TPSA) is 46.8 Å². The van der Waals surface area contributed by atoms with E-state index in [2.05, 4.69) is 118 Å². The molecular formula is C37H21N3O. The quantitative estimate of drug-likeness (QED) is 0.226. The number of para-hydroxylation sites is 3. The number of nitriles is 1. The first-order valence-corrected chi connectivity index (χ1v) is 13.7. The molecule has 0 aliphatic rings. The van der Waals surface area contributed by atoms with Gasteiger partial charge in [0.15, 0.2) is 0 Å². The van der Waals surface area contributed by atoms with E-state index in [0.29, 0.717) is 5.56 Å². The lowest BCUT2D eigenvalue weighted by Crippen LogP contribution is -1.93. The predicted octanol–water partition coefficient (Wildman–Crippen LogP) is 9.65. The van der Waals surface area contributed by atoms with Crippen LogP contribution in [0.25, 0.3) is 76.9 Å². The summed E-state index contributed by atoms with van der Waals surface area (Å²) < 4.78 is 11.5. The van der Waals surface area contributed by atoms with Gasteiger partial charge in [-0.1, -0.05) is 54.6 Å². The zero-order valence-corrected chi connectivity index (χ0v) is 21.9. The number of benzene rings is 6. The standard InChI is InChI=1S/C37H21N3O/c38-22-23-14-16-25(17-15-23)40-31-13-7-5-11-29(31)35-33(40)21-19-27-26-18-20-32-34(36(26)41-37(27)35)28-10-4-6-12-30(28)39(32)24-8-2-1-3-9-24/h1-21H. The molecule has 0 amide bonds. The molecule has 190 valence electrons. The van der Waals surface area contributed by atoms with Crippen molar-refractivity contribution in [2.45, 2.75) is 0 Å². The fraction of sp³-hybridized carbons (Fsp3) is 0. The van der Waals surface area contributed by atoms with Crippen molar-refractivity contribution in [3.63, 3.8) is 0 Å². The van der Waals surface area contributed by atoms with Crippen molar-refractivity contribution in [3.8, 4) is 17.4 Å². The van der Waals surface area contributed by atoms with Crippen LogP contribution in [0, 0.1) is 11.3 Å². The summed E-state index contributed by atoms with van der Waals surface area (Å²) in [4.78, 5) is 0. The van der Waals surface area contributed by atoms with Crippen molar-refractivity contribution in [1.29, 1.82) is 5.26 Å². The Morgan fingerprint density at radius 3 is 1.46 bits per heavy atom. The third-order valence-electron chi connectivity index (χ3n) is 8.35. The zero-order chi connectivity index (χ0) is 27.1. The molecule has 3 aromatic heterocycles. The Morgan fingerprint density at radius 2 is 0.927 bits per heavy atom. The number of nitrogens with zero attached hydrogens (tertiary/aromatic N) is 3. The van der Waals surface area contributed by atoms with Gasteiger partial charge >= 0.3 is 0 Å². The van der Waals surface area contributed by atoms with Crippen LogP contribution in [0.15, 0.2) is 132 Å². The van der Waals surface area contributed by atoms with Crippen molar-refractivity contribution in [3.05, 3.63) is 133 Å². The highest BCUT2D eigenvalue weighted by atomic mass is 16.3. The summed E-state index contributed by atoms with van der Waals surface area (Å²) in [5.74, 6) is 0. The van der Waals surface area contributed by atoms with E-state index < -0.39 is 0 Å². The van der Waals surface area contributed by atoms with Gasteiger partial charge in [0, 0.05) is 32.9 Å². The van der Waals surface area contributed by atoms with Crippen LogP contribution in [0.4, 0.5) is 0 Å². The van der Waals surface area contributed by atoms with Gasteiger partial charge in [0.1, 0.15) is 11.2 Å². The average Bonchev–Trinajstić information content (AvgIpc) is 3.69. The normalized spacial score (nSPS) is 11.9. The monoisotopic (exact) mass is 523 g/mol. The summed E-state index contributed by atoms with van der Waals surface area (Å²) in [6, 6.07) is 46.3. The van der Waals surface area contributed by atoms with Crippen molar-refractivity contribution in [2.24, 2.45) is 0 Å². The van der Waals surface area contributed by atoms with Crippen molar-refractivity contribution in [1.82, 2.24) is 9.13 Å². The minimum atomic E-state index is 0.646. The lowest BCUT2D eigenvalue weighted by atomic mass is 10.1. The SMILES string of the molecule is N#Cc1ccc(-n2c3ccccc3c3c4oc5c(ccc6c5c5ccccc5n6-c5ccccc5)c4ccc32)cc1. The number of hydrogen-bond acceptors (Lipinski definition) is 2. The fourth-order valence-corrected chi connectivity index (χ4v) is 6.61. The summed E-state index contributed by atoms with van der Waals surface area (Å²) in [5.41, 5.74) is 9.05. The van der Waals surface area contributed by atoms with E-state index in [9.17, 15) is 5.26 Å². The molecule has 0 aliphatic carbocycles. The molecule has 0 aliphatic heterocycles. The Balaban J connectivity index is 1.43. The van der Waals surface area contributed by atoms with E-state index in [4.69, 9.17) is 4.42 Å². The highest BCUT2D eigenvalue weighted by molar-refractivity contribution is 6.28. The lowest BCUT2D eigenvalue weighted by Gasteiger charge is -2.07. The van der Waals surface area contributed by atoms with E-state index in [1.807, 2.05) is 24.3 Å². The minimum absolute atomic E-state index is 0.646. The predicted molar refractivity (Wildman–Crippen MR) is 167 cm³/mol. The number of furan rings is 1. The van der Waals surface area contributed by atoms with E-state index in [-0.39, 0.29) is 0 Å². The summed E-state index contributed by atoms with van der Waals surface area (Å²) in [6.07, 6.45) is 0. The van der Waals surface area contributed by atoms with Gasteiger partial charge in [-0.2, -0.15) is 5.26 Å². The number of aromatic nitrogens is 2. The molecule has 0 saturated heterocycles.